The first-order valence-electron chi connectivity index (χ1n) is 14.5. The molecule has 4 fully saturated rings. The zero-order valence-electron chi connectivity index (χ0n) is 24.6. The van der Waals surface area contributed by atoms with Gasteiger partial charge in [0.05, 0.1) is 18.1 Å². The molecule has 0 radical (unpaired) electrons. The second-order valence-electron chi connectivity index (χ2n) is 15.5. The first-order valence-corrected chi connectivity index (χ1v) is 14.5. The van der Waals surface area contributed by atoms with Gasteiger partial charge < -0.3 is 10.5 Å². The van der Waals surface area contributed by atoms with Crippen molar-refractivity contribution < 1.29 is 19.1 Å². The molecule has 8 atom stereocenters. The number of carbonyl (C=O) groups excluding carboxylic acids is 3. The minimum absolute atomic E-state index is 0.0466. The average molecular weight is 523 g/mol. The van der Waals surface area contributed by atoms with E-state index in [-0.39, 0.29) is 57.1 Å². The lowest BCUT2D eigenvalue weighted by Gasteiger charge is -2.73. The molecule has 5 rings (SSSR count). The molecule has 2 N–H and O–H groups in total. The van der Waals surface area contributed by atoms with Crippen LogP contribution in [0.1, 0.15) is 99.8 Å². The number of nitriles is 1. The van der Waals surface area contributed by atoms with Crippen LogP contribution in [0.2, 0.25) is 0 Å². The van der Waals surface area contributed by atoms with Gasteiger partial charge in [0.15, 0.2) is 5.78 Å². The van der Waals surface area contributed by atoms with Gasteiger partial charge in [-0.2, -0.15) is 5.26 Å². The molecular formula is C32H46N2O4. The number of nitrogens with two attached hydrogens (primary N) is 1. The average Bonchev–Trinajstić information content (AvgIpc) is 2.85. The van der Waals surface area contributed by atoms with E-state index in [0.29, 0.717) is 12.8 Å². The van der Waals surface area contributed by atoms with Crippen LogP contribution in [0.4, 0.5) is 0 Å². The van der Waals surface area contributed by atoms with Gasteiger partial charge in [0, 0.05) is 28.7 Å². The predicted molar refractivity (Wildman–Crippen MR) is 144 cm³/mol. The normalized spacial score (nSPS) is 48.8. The first-order chi connectivity index (χ1) is 17.4. The molecule has 0 bridgehead atoms. The molecule has 5 aliphatic carbocycles. The van der Waals surface area contributed by atoms with Gasteiger partial charge >= 0.3 is 5.97 Å². The highest BCUT2D eigenvalue weighted by Gasteiger charge is 2.75. The highest BCUT2D eigenvalue weighted by atomic mass is 16.5. The lowest BCUT2D eigenvalue weighted by atomic mass is 9.30. The van der Waals surface area contributed by atoms with Crippen molar-refractivity contribution in [2.45, 2.75) is 105 Å². The van der Waals surface area contributed by atoms with Crippen LogP contribution in [0.15, 0.2) is 11.6 Å². The van der Waals surface area contributed by atoms with E-state index < -0.39 is 21.8 Å². The van der Waals surface area contributed by atoms with Gasteiger partial charge in [-0.15, -0.1) is 0 Å². The topological polar surface area (TPSA) is 110 Å². The van der Waals surface area contributed by atoms with E-state index in [2.05, 4.69) is 40.7 Å². The Morgan fingerprint density at radius 3 is 2.18 bits per heavy atom. The van der Waals surface area contributed by atoms with E-state index in [1.165, 1.54) is 7.11 Å². The third-order valence-electron chi connectivity index (χ3n) is 13.5. The number of nitrogens with zero attached hydrogens (tertiary/aromatic N) is 1. The highest BCUT2D eigenvalue weighted by Crippen LogP contribution is 2.76. The minimum atomic E-state index is -0.913. The van der Waals surface area contributed by atoms with Gasteiger partial charge in [0.25, 0.3) is 0 Å². The van der Waals surface area contributed by atoms with Crippen molar-refractivity contribution >= 4 is 17.5 Å². The fraction of sp³-hybridized carbons (Fsp3) is 0.812. The summed E-state index contributed by atoms with van der Waals surface area (Å²) in [7, 11) is 1.48. The number of fused-ring (bicyclic) bond motifs is 7. The Bertz CT molecular complexity index is 1190. The Hall–Kier alpha value is -2.00. The number of hydrogen-bond acceptors (Lipinski definition) is 6. The van der Waals surface area contributed by atoms with Gasteiger partial charge in [-0.05, 0) is 73.0 Å². The molecule has 0 saturated heterocycles. The van der Waals surface area contributed by atoms with E-state index in [1.807, 2.05) is 19.9 Å². The number of ketones is 2. The molecule has 0 aromatic heterocycles. The van der Waals surface area contributed by atoms with Crippen molar-refractivity contribution in [3.05, 3.63) is 11.6 Å². The van der Waals surface area contributed by atoms with Crippen LogP contribution < -0.4 is 5.73 Å². The third kappa shape index (κ3) is 2.95. The van der Waals surface area contributed by atoms with Gasteiger partial charge in [-0.25, -0.2) is 0 Å². The number of rotatable bonds is 1. The summed E-state index contributed by atoms with van der Waals surface area (Å²) in [6.45, 7) is 15.0. The molecule has 4 saturated carbocycles. The molecule has 0 aromatic carbocycles. The molecule has 0 aliphatic heterocycles. The molecule has 0 aromatic rings. The summed E-state index contributed by atoms with van der Waals surface area (Å²) in [5, 5.41) is 9.92. The van der Waals surface area contributed by atoms with E-state index in [1.54, 1.807) is 0 Å². The molecule has 0 spiro atoms. The SMILES string of the molecule is COC(=O)[C@]12CCC(C)(C)CC1C1C(=O)C[C@@H]3[C@@]4(C)C=C(C#N)C(=O)C(C)(C)[C@]4(N)CC[C@@]3(C)[C@]1(C)CC2. The van der Waals surface area contributed by atoms with E-state index in [0.717, 1.165) is 38.5 Å². The summed E-state index contributed by atoms with van der Waals surface area (Å²) in [5.41, 5.74) is 3.89. The highest BCUT2D eigenvalue weighted by molar-refractivity contribution is 6.05. The van der Waals surface area contributed by atoms with Crippen LogP contribution in [0.3, 0.4) is 0 Å². The van der Waals surface area contributed by atoms with Crippen molar-refractivity contribution in [3.8, 4) is 6.07 Å². The molecule has 0 amide bonds. The maximum absolute atomic E-state index is 14.5. The van der Waals surface area contributed by atoms with Gasteiger partial charge in [0.1, 0.15) is 11.9 Å². The van der Waals surface area contributed by atoms with Crippen molar-refractivity contribution in [1.29, 1.82) is 5.26 Å². The number of methoxy groups -OCH3 is 1. The van der Waals surface area contributed by atoms with Crippen LogP contribution in [0.5, 0.6) is 0 Å². The molecule has 6 nitrogen and oxygen atoms in total. The van der Waals surface area contributed by atoms with Crippen LogP contribution >= 0.6 is 0 Å². The van der Waals surface area contributed by atoms with Crippen LogP contribution in [-0.2, 0) is 19.1 Å². The minimum Gasteiger partial charge on any atom is -0.469 e. The number of allylic oxidation sites excluding steroid dienone is 1. The Kier molecular flexibility index (Phi) is 5.66. The van der Waals surface area contributed by atoms with Crippen LogP contribution in [0.25, 0.3) is 0 Å². The maximum atomic E-state index is 14.5. The molecule has 5 aliphatic rings. The summed E-state index contributed by atoms with van der Waals surface area (Å²) < 4.78 is 5.42. The fourth-order valence-corrected chi connectivity index (χ4v) is 10.8. The van der Waals surface area contributed by atoms with E-state index in [9.17, 15) is 19.6 Å². The Balaban J connectivity index is 1.67. The number of carbonyl (C=O) groups is 3. The second kappa shape index (κ2) is 7.80. The quantitative estimate of drug-likeness (QED) is 0.453. The number of Topliss-reactive ketones (excluding diaryl/α,β-unsaturated/α-hetero) is 2. The maximum Gasteiger partial charge on any atom is 0.312 e. The Labute approximate surface area is 228 Å². The van der Waals surface area contributed by atoms with Gasteiger partial charge in [-0.3, -0.25) is 14.4 Å². The van der Waals surface area contributed by atoms with Gasteiger partial charge in [0.2, 0.25) is 0 Å². The lowest BCUT2D eigenvalue weighted by Crippen LogP contribution is -2.76. The number of esters is 1. The van der Waals surface area contributed by atoms with Crippen molar-refractivity contribution in [1.82, 2.24) is 0 Å². The summed E-state index contributed by atoms with van der Waals surface area (Å²) in [4.78, 5) is 41.3. The number of ether oxygens (including phenoxy) is 1. The molecular weight excluding hydrogens is 476 g/mol. The van der Waals surface area contributed by atoms with Crippen LogP contribution in [-0.4, -0.2) is 30.2 Å². The molecule has 6 heteroatoms. The first kappa shape index (κ1) is 27.6. The van der Waals surface area contributed by atoms with Crippen molar-refractivity contribution in [2.75, 3.05) is 7.11 Å². The lowest BCUT2D eigenvalue weighted by molar-refractivity contribution is -0.229. The summed E-state index contributed by atoms with van der Waals surface area (Å²) in [6, 6.07) is 2.16. The Morgan fingerprint density at radius 1 is 0.974 bits per heavy atom. The van der Waals surface area contributed by atoms with Crippen molar-refractivity contribution in [3.63, 3.8) is 0 Å². The van der Waals surface area contributed by atoms with E-state index >= 15 is 0 Å². The molecule has 0 heterocycles. The summed E-state index contributed by atoms with van der Waals surface area (Å²) in [5.74, 6) is -0.485. The second-order valence-corrected chi connectivity index (χ2v) is 15.5. The van der Waals surface area contributed by atoms with Gasteiger partial charge in [-0.1, -0.05) is 54.5 Å². The Morgan fingerprint density at radius 2 is 1.58 bits per heavy atom. The van der Waals surface area contributed by atoms with Crippen LogP contribution in [0, 0.1) is 61.6 Å². The fourth-order valence-electron chi connectivity index (χ4n) is 10.8. The number of hydrogen-bond donors (Lipinski definition) is 1. The zero-order valence-corrected chi connectivity index (χ0v) is 24.6. The predicted octanol–water partition coefficient (Wildman–Crippen LogP) is 5.54. The molecule has 208 valence electrons. The largest absolute Gasteiger partial charge is 0.469 e. The summed E-state index contributed by atoms with van der Waals surface area (Å²) >= 11 is 0. The standard InChI is InChI=1S/C32H46N2O4/c1-26(2)9-12-31(25(37)38-8)13-10-29(6)23(20(31)17-26)21(35)15-22-28(29,5)11-14-32(34)27(3,4)24(36)19(18-33)16-30(22,32)7/h16,20,22-23H,9-15,17,34H2,1-8H3/t20?,22-,23?,28+,29+,30+,31-,32+/m0/s1. The van der Waals surface area contributed by atoms with E-state index in [4.69, 9.17) is 10.5 Å². The van der Waals surface area contributed by atoms with Crippen molar-refractivity contribution in [2.24, 2.45) is 56.0 Å². The smallest absolute Gasteiger partial charge is 0.312 e. The zero-order chi connectivity index (χ0) is 28.3. The molecule has 2 unspecified atom stereocenters. The molecule has 38 heavy (non-hydrogen) atoms. The monoisotopic (exact) mass is 522 g/mol. The summed E-state index contributed by atoms with van der Waals surface area (Å²) in [6.07, 6.45) is 7.75. The third-order valence-corrected chi connectivity index (χ3v) is 13.5.